The van der Waals surface area contributed by atoms with Gasteiger partial charge in [0, 0.05) is 12.6 Å². The van der Waals surface area contributed by atoms with Crippen LogP contribution in [0.2, 0.25) is 0 Å². The zero-order valence-corrected chi connectivity index (χ0v) is 11.6. The molecule has 4 nitrogen and oxygen atoms in total. The molecule has 0 radical (unpaired) electrons. The third kappa shape index (κ3) is 2.65. The van der Waals surface area contributed by atoms with Gasteiger partial charge in [-0.1, -0.05) is 0 Å². The van der Waals surface area contributed by atoms with E-state index in [4.69, 9.17) is 9.84 Å². The van der Waals surface area contributed by atoms with Gasteiger partial charge in [0.15, 0.2) is 5.41 Å². The van der Waals surface area contributed by atoms with E-state index in [2.05, 4.69) is 0 Å². The molecule has 1 N–H and O–H groups in total. The van der Waals surface area contributed by atoms with Crippen LogP contribution in [0.4, 0.5) is 13.2 Å². The molecule has 3 unspecified atom stereocenters. The molecule has 0 spiro atoms. The number of hydrogen-bond donors (Lipinski definition) is 1. The van der Waals surface area contributed by atoms with Gasteiger partial charge in [-0.05, 0) is 39.7 Å². The summed E-state index contributed by atoms with van der Waals surface area (Å²) in [5.41, 5.74) is -2.61. The summed E-state index contributed by atoms with van der Waals surface area (Å²) in [6.45, 7) is 3.52. The van der Waals surface area contributed by atoms with E-state index in [9.17, 15) is 18.0 Å². The summed E-state index contributed by atoms with van der Waals surface area (Å²) in [6, 6.07) is -0.0303. The molecule has 2 aliphatic rings. The zero-order chi connectivity index (χ0) is 15.1. The molecule has 20 heavy (non-hydrogen) atoms. The van der Waals surface area contributed by atoms with Gasteiger partial charge in [-0.25, -0.2) is 0 Å². The average molecular weight is 295 g/mol. The maximum Gasteiger partial charge on any atom is 0.406 e. The lowest BCUT2D eigenvalue weighted by atomic mass is 9.86. The van der Waals surface area contributed by atoms with Crippen LogP contribution in [0.3, 0.4) is 0 Å². The first-order chi connectivity index (χ1) is 9.15. The number of aliphatic carboxylic acids is 1. The van der Waals surface area contributed by atoms with Crippen molar-refractivity contribution in [3.63, 3.8) is 0 Å². The molecule has 0 aromatic rings. The van der Waals surface area contributed by atoms with Crippen molar-refractivity contribution in [2.75, 3.05) is 13.1 Å². The molecule has 0 aromatic heterocycles. The lowest BCUT2D eigenvalue weighted by molar-refractivity contribution is -0.228. The third-order valence-corrected chi connectivity index (χ3v) is 4.44. The second-order valence-corrected chi connectivity index (χ2v) is 5.99. The Kier molecular flexibility index (Phi) is 4.03. The van der Waals surface area contributed by atoms with Crippen molar-refractivity contribution >= 4 is 5.97 Å². The van der Waals surface area contributed by atoms with E-state index in [0.29, 0.717) is 12.8 Å². The highest BCUT2D eigenvalue weighted by molar-refractivity contribution is 5.76. The van der Waals surface area contributed by atoms with E-state index < -0.39 is 24.1 Å². The summed E-state index contributed by atoms with van der Waals surface area (Å²) in [7, 11) is 0. The van der Waals surface area contributed by atoms with E-state index in [0.717, 1.165) is 0 Å². The van der Waals surface area contributed by atoms with Gasteiger partial charge in [0.1, 0.15) is 0 Å². The van der Waals surface area contributed by atoms with E-state index in [1.54, 1.807) is 4.90 Å². The predicted molar refractivity (Wildman–Crippen MR) is 65.3 cm³/mol. The maximum absolute atomic E-state index is 13.1. The lowest BCUT2D eigenvalue weighted by Crippen LogP contribution is -2.49. The van der Waals surface area contributed by atoms with Crippen LogP contribution < -0.4 is 0 Å². The monoisotopic (exact) mass is 295 g/mol. The van der Waals surface area contributed by atoms with Crippen molar-refractivity contribution in [2.45, 2.75) is 57.5 Å². The summed E-state index contributed by atoms with van der Waals surface area (Å²) in [5.74, 6) is -1.76. The summed E-state index contributed by atoms with van der Waals surface area (Å²) >= 11 is 0. The summed E-state index contributed by atoms with van der Waals surface area (Å²) in [6.07, 6.45) is -3.79. The standard InChI is InChI=1S/C13H20F3NO3/c1-8-5-10(6-9(2)20-8)17-4-3-12(7-17,11(18)19)13(14,15)16/h8-10H,3-7H2,1-2H3,(H,18,19). The molecule has 0 amide bonds. The topological polar surface area (TPSA) is 49.8 Å². The van der Waals surface area contributed by atoms with E-state index in [-0.39, 0.29) is 31.2 Å². The van der Waals surface area contributed by atoms with Crippen molar-refractivity contribution in [3.05, 3.63) is 0 Å². The second kappa shape index (κ2) is 5.18. The number of hydrogen-bond acceptors (Lipinski definition) is 3. The van der Waals surface area contributed by atoms with Crippen molar-refractivity contribution in [2.24, 2.45) is 5.41 Å². The molecule has 0 aromatic carbocycles. The Morgan fingerprint density at radius 2 is 1.85 bits per heavy atom. The van der Waals surface area contributed by atoms with E-state index in [1.165, 1.54) is 0 Å². The largest absolute Gasteiger partial charge is 0.481 e. The number of carboxylic acid groups (broad SMARTS) is 1. The van der Waals surface area contributed by atoms with Crippen LogP contribution in [0.1, 0.15) is 33.1 Å². The predicted octanol–water partition coefficient (Wildman–Crippen LogP) is 2.28. The molecule has 2 fully saturated rings. The Morgan fingerprint density at radius 3 is 2.25 bits per heavy atom. The molecule has 3 atom stereocenters. The van der Waals surface area contributed by atoms with Crippen LogP contribution in [0.15, 0.2) is 0 Å². The fourth-order valence-electron chi connectivity index (χ4n) is 3.35. The first-order valence-electron chi connectivity index (χ1n) is 6.85. The molecule has 116 valence electrons. The molecular weight excluding hydrogens is 275 g/mol. The van der Waals surface area contributed by atoms with Crippen molar-refractivity contribution in [1.82, 2.24) is 4.90 Å². The SMILES string of the molecule is CC1CC(N2CCC(C(=O)O)(C(F)(F)F)C2)CC(C)O1. The Balaban J connectivity index is 2.13. The number of ether oxygens (including phenoxy) is 1. The number of carboxylic acids is 1. The Hall–Kier alpha value is -0.820. The summed E-state index contributed by atoms with van der Waals surface area (Å²) in [4.78, 5) is 12.8. The van der Waals surface area contributed by atoms with Gasteiger partial charge >= 0.3 is 12.1 Å². The number of likely N-dealkylation sites (tertiary alicyclic amines) is 1. The second-order valence-electron chi connectivity index (χ2n) is 5.99. The molecule has 2 heterocycles. The first-order valence-corrected chi connectivity index (χ1v) is 6.85. The van der Waals surface area contributed by atoms with Crippen LogP contribution >= 0.6 is 0 Å². The molecule has 0 bridgehead atoms. The highest BCUT2D eigenvalue weighted by atomic mass is 19.4. The van der Waals surface area contributed by atoms with Crippen LogP contribution in [0.25, 0.3) is 0 Å². The van der Waals surface area contributed by atoms with Gasteiger partial charge in [0.25, 0.3) is 0 Å². The third-order valence-electron chi connectivity index (χ3n) is 4.44. The van der Waals surface area contributed by atoms with Gasteiger partial charge in [-0.3, -0.25) is 9.69 Å². The smallest absolute Gasteiger partial charge is 0.406 e. The molecular formula is C13H20F3NO3. The number of carbonyl (C=O) groups is 1. The van der Waals surface area contributed by atoms with Crippen molar-refractivity contribution in [3.8, 4) is 0 Å². The van der Waals surface area contributed by atoms with Crippen LogP contribution in [0.5, 0.6) is 0 Å². The van der Waals surface area contributed by atoms with Gasteiger partial charge < -0.3 is 9.84 Å². The van der Waals surface area contributed by atoms with Crippen molar-refractivity contribution in [1.29, 1.82) is 0 Å². The highest BCUT2D eigenvalue weighted by Gasteiger charge is 2.64. The molecule has 7 heteroatoms. The Bertz CT molecular complexity index is 378. The number of alkyl halides is 3. The fraction of sp³-hybridized carbons (Fsp3) is 0.923. The minimum absolute atomic E-state index is 0.00513. The quantitative estimate of drug-likeness (QED) is 0.849. The zero-order valence-electron chi connectivity index (χ0n) is 11.6. The van der Waals surface area contributed by atoms with Crippen LogP contribution in [0, 0.1) is 5.41 Å². The van der Waals surface area contributed by atoms with Gasteiger partial charge in [-0.2, -0.15) is 13.2 Å². The number of nitrogens with zero attached hydrogens (tertiary/aromatic N) is 1. The molecule has 2 rings (SSSR count). The number of halogens is 3. The highest BCUT2D eigenvalue weighted by Crippen LogP contribution is 2.47. The first kappa shape index (κ1) is 15.6. The maximum atomic E-state index is 13.1. The van der Waals surface area contributed by atoms with Crippen LogP contribution in [-0.2, 0) is 9.53 Å². The summed E-state index contributed by atoms with van der Waals surface area (Å²) < 4.78 is 45.0. The summed E-state index contributed by atoms with van der Waals surface area (Å²) in [5, 5.41) is 9.05. The Labute approximate surface area is 115 Å². The van der Waals surface area contributed by atoms with Crippen LogP contribution in [-0.4, -0.2) is 53.5 Å². The molecule has 2 aliphatic heterocycles. The molecule has 2 saturated heterocycles. The van der Waals surface area contributed by atoms with Gasteiger partial charge in [0.05, 0.1) is 12.2 Å². The van der Waals surface area contributed by atoms with Gasteiger partial charge in [0.2, 0.25) is 0 Å². The minimum atomic E-state index is -4.71. The van der Waals surface area contributed by atoms with Crippen molar-refractivity contribution < 1.29 is 27.8 Å². The minimum Gasteiger partial charge on any atom is -0.481 e. The molecule has 0 saturated carbocycles. The lowest BCUT2D eigenvalue weighted by Gasteiger charge is -2.38. The van der Waals surface area contributed by atoms with E-state index >= 15 is 0 Å². The average Bonchev–Trinajstić information content (AvgIpc) is 2.72. The number of rotatable bonds is 2. The van der Waals surface area contributed by atoms with E-state index in [1.807, 2.05) is 13.8 Å². The Morgan fingerprint density at radius 1 is 1.30 bits per heavy atom. The molecule has 0 aliphatic carbocycles. The van der Waals surface area contributed by atoms with Gasteiger partial charge in [-0.15, -0.1) is 0 Å². The fourth-order valence-corrected chi connectivity index (χ4v) is 3.35. The normalized spacial score (nSPS) is 40.0.